The summed E-state index contributed by atoms with van der Waals surface area (Å²) in [4.78, 5) is 16.9. The molecule has 0 atom stereocenters. The van der Waals surface area contributed by atoms with Crippen LogP contribution in [-0.4, -0.2) is 20.5 Å². The van der Waals surface area contributed by atoms with E-state index in [2.05, 4.69) is 10.1 Å². The fraction of sp³-hybridized carbons (Fsp3) is 0.192. The smallest absolute Gasteiger partial charge is 0.417 e. The number of nitrogens with zero attached hydrogens (tertiary/aromatic N) is 3. The highest BCUT2D eigenvalue weighted by molar-refractivity contribution is 6.31. The molecular weight excluding hydrogens is 479 g/mol. The van der Waals surface area contributed by atoms with Crippen LogP contribution in [-0.2, 0) is 30.9 Å². The molecule has 0 fully saturated rings. The molecule has 0 amide bonds. The van der Waals surface area contributed by atoms with Crippen molar-refractivity contribution in [1.82, 2.24) is 14.8 Å². The number of rotatable bonds is 7. The maximum Gasteiger partial charge on any atom is 0.417 e. The van der Waals surface area contributed by atoms with Gasteiger partial charge in [0.05, 0.1) is 22.5 Å². The Bertz CT molecular complexity index is 1370. The van der Waals surface area contributed by atoms with E-state index in [0.717, 1.165) is 28.5 Å². The van der Waals surface area contributed by atoms with Gasteiger partial charge < -0.3 is 4.74 Å². The van der Waals surface area contributed by atoms with E-state index in [9.17, 15) is 18.0 Å². The predicted octanol–water partition coefficient (Wildman–Crippen LogP) is 6.61. The Kier molecular flexibility index (Phi) is 6.93. The molecule has 0 radical (unpaired) electrons. The lowest BCUT2D eigenvalue weighted by Crippen LogP contribution is -2.10. The molecule has 0 aliphatic rings. The third-order valence-corrected chi connectivity index (χ3v) is 5.75. The average Bonchev–Trinajstić information content (AvgIpc) is 3.23. The second-order valence-electron chi connectivity index (χ2n) is 8.14. The number of Topliss-reactive ketones (excluding diaryl/α,β-unsaturated/α-hetero) is 1. The lowest BCUT2D eigenvalue weighted by atomic mass is 10.0. The summed E-state index contributed by atoms with van der Waals surface area (Å²) < 4.78 is 46.9. The van der Waals surface area contributed by atoms with Gasteiger partial charge in [0, 0.05) is 43.4 Å². The number of aromatic nitrogens is 3. The van der Waals surface area contributed by atoms with Crippen LogP contribution in [0.25, 0.3) is 11.3 Å². The summed E-state index contributed by atoms with van der Waals surface area (Å²) in [5.41, 5.74) is 2.57. The largest absolute Gasteiger partial charge is 0.457 e. The van der Waals surface area contributed by atoms with E-state index in [0.29, 0.717) is 11.5 Å². The molecule has 0 aliphatic carbocycles. The number of aryl methyl sites for hydroxylation is 1. The third kappa shape index (κ3) is 5.89. The number of carbonyl (C=O) groups is 1. The molecule has 0 aliphatic heterocycles. The number of hydrogen-bond acceptors (Lipinski definition) is 4. The van der Waals surface area contributed by atoms with Gasteiger partial charge in [-0.05, 0) is 48.4 Å². The van der Waals surface area contributed by atoms with E-state index >= 15 is 0 Å². The minimum Gasteiger partial charge on any atom is -0.457 e. The van der Waals surface area contributed by atoms with Gasteiger partial charge in [0.25, 0.3) is 0 Å². The van der Waals surface area contributed by atoms with E-state index in [4.69, 9.17) is 16.3 Å². The molecule has 0 unspecified atom stereocenters. The van der Waals surface area contributed by atoms with Crippen LogP contribution >= 0.6 is 11.6 Å². The van der Waals surface area contributed by atoms with Crippen molar-refractivity contribution in [2.24, 2.45) is 7.05 Å². The Hall–Kier alpha value is -3.65. The third-order valence-electron chi connectivity index (χ3n) is 5.42. The molecule has 180 valence electrons. The molecule has 5 nitrogen and oxygen atoms in total. The lowest BCUT2D eigenvalue weighted by Gasteiger charge is -2.12. The molecule has 2 aromatic heterocycles. The quantitative estimate of drug-likeness (QED) is 0.287. The number of ketones is 1. The van der Waals surface area contributed by atoms with Crippen LogP contribution in [0, 0.1) is 6.92 Å². The molecule has 2 aromatic carbocycles. The molecule has 9 heteroatoms. The molecular formula is C26H21ClF3N3O2. The summed E-state index contributed by atoms with van der Waals surface area (Å²) in [6.45, 7) is 1.92. The summed E-state index contributed by atoms with van der Waals surface area (Å²) in [5, 5.41) is 3.79. The number of hydrogen-bond donors (Lipinski definition) is 0. The Morgan fingerprint density at radius 2 is 1.74 bits per heavy atom. The van der Waals surface area contributed by atoms with E-state index in [1.165, 1.54) is 12.1 Å². The second-order valence-corrected chi connectivity index (χ2v) is 8.54. The molecule has 4 aromatic rings. The molecule has 35 heavy (non-hydrogen) atoms. The van der Waals surface area contributed by atoms with Gasteiger partial charge in [0.2, 0.25) is 0 Å². The van der Waals surface area contributed by atoms with Crippen LogP contribution in [0.4, 0.5) is 13.2 Å². The van der Waals surface area contributed by atoms with E-state index < -0.39 is 11.7 Å². The molecule has 0 bridgehead atoms. The summed E-state index contributed by atoms with van der Waals surface area (Å²) in [5.74, 6) is 1.02. The van der Waals surface area contributed by atoms with Crippen LogP contribution in [0.1, 0.15) is 22.3 Å². The van der Waals surface area contributed by atoms with Crippen molar-refractivity contribution in [2.75, 3.05) is 0 Å². The van der Waals surface area contributed by atoms with E-state index in [1.807, 2.05) is 20.2 Å². The van der Waals surface area contributed by atoms with Crippen molar-refractivity contribution < 1.29 is 22.7 Å². The van der Waals surface area contributed by atoms with Gasteiger partial charge >= 0.3 is 6.18 Å². The first kappa shape index (κ1) is 24.5. The highest BCUT2D eigenvalue weighted by Gasteiger charge is 2.33. The van der Waals surface area contributed by atoms with Gasteiger partial charge in [-0.15, -0.1) is 0 Å². The van der Waals surface area contributed by atoms with Crippen LogP contribution in [0.5, 0.6) is 11.5 Å². The molecule has 4 rings (SSSR count). The predicted molar refractivity (Wildman–Crippen MR) is 127 cm³/mol. The summed E-state index contributed by atoms with van der Waals surface area (Å²) in [6, 6.07) is 12.3. The van der Waals surface area contributed by atoms with Gasteiger partial charge in [0.15, 0.2) is 0 Å². The van der Waals surface area contributed by atoms with Crippen molar-refractivity contribution in [1.29, 1.82) is 0 Å². The van der Waals surface area contributed by atoms with Crippen molar-refractivity contribution in [2.45, 2.75) is 25.9 Å². The SMILES string of the molecule is Cc1c(Oc2ccc(CC(=O)Cc3ccc(Cl)c(C(F)(F)F)c3)cc2)ccnc1-c1cnn(C)c1. The zero-order valence-corrected chi connectivity index (χ0v) is 19.7. The van der Waals surface area contributed by atoms with E-state index in [1.54, 1.807) is 47.4 Å². The molecule has 0 spiro atoms. The first-order valence-corrected chi connectivity index (χ1v) is 11.1. The molecule has 0 saturated carbocycles. The average molecular weight is 500 g/mol. The van der Waals surface area contributed by atoms with Gasteiger partial charge in [0.1, 0.15) is 17.3 Å². The van der Waals surface area contributed by atoms with Gasteiger partial charge in [-0.3, -0.25) is 14.5 Å². The summed E-state index contributed by atoms with van der Waals surface area (Å²) in [6.07, 6.45) is 0.670. The van der Waals surface area contributed by atoms with Crippen LogP contribution in [0.3, 0.4) is 0 Å². The number of carbonyl (C=O) groups excluding carboxylic acids is 1. The van der Waals surface area contributed by atoms with Crippen LogP contribution in [0.15, 0.2) is 67.1 Å². The van der Waals surface area contributed by atoms with Gasteiger partial charge in [-0.1, -0.05) is 29.8 Å². The lowest BCUT2D eigenvalue weighted by molar-refractivity contribution is -0.137. The monoisotopic (exact) mass is 499 g/mol. The molecule has 0 saturated heterocycles. The zero-order valence-electron chi connectivity index (χ0n) is 18.9. The highest BCUT2D eigenvalue weighted by Crippen LogP contribution is 2.35. The fourth-order valence-electron chi connectivity index (χ4n) is 3.68. The van der Waals surface area contributed by atoms with Crippen LogP contribution < -0.4 is 4.74 Å². The van der Waals surface area contributed by atoms with Crippen molar-refractivity contribution in [3.05, 3.63) is 94.4 Å². The first-order chi connectivity index (χ1) is 16.6. The molecule has 0 N–H and O–H groups in total. The number of benzene rings is 2. The van der Waals surface area contributed by atoms with Crippen molar-refractivity contribution in [3.8, 4) is 22.8 Å². The minimum absolute atomic E-state index is 0.0870. The number of pyridine rings is 1. The maximum absolute atomic E-state index is 13.1. The maximum atomic E-state index is 13.1. The van der Waals surface area contributed by atoms with Crippen molar-refractivity contribution in [3.63, 3.8) is 0 Å². The summed E-state index contributed by atoms with van der Waals surface area (Å²) >= 11 is 5.65. The van der Waals surface area contributed by atoms with Crippen molar-refractivity contribution >= 4 is 17.4 Å². The normalized spacial score (nSPS) is 11.5. The Morgan fingerprint density at radius 3 is 2.40 bits per heavy atom. The van der Waals surface area contributed by atoms with Crippen LogP contribution in [0.2, 0.25) is 5.02 Å². The number of ether oxygens (including phenoxy) is 1. The fourth-order valence-corrected chi connectivity index (χ4v) is 3.91. The number of alkyl halides is 3. The topological polar surface area (TPSA) is 57.0 Å². The Labute approximate surface area is 205 Å². The van der Waals surface area contributed by atoms with E-state index in [-0.39, 0.29) is 29.2 Å². The van der Waals surface area contributed by atoms with Gasteiger partial charge in [-0.25, -0.2) is 0 Å². The minimum atomic E-state index is -4.57. The number of halogens is 4. The standard InChI is InChI=1S/C26H21ClF3N3O2/c1-16-24(9-10-31-25(16)19-14-32-33(2)15-19)35-21-6-3-17(4-7-21)11-20(34)12-18-5-8-23(27)22(13-18)26(28,29)30/h3-10,13-15H,11-12H2,1-2H3. The van der Waals surface area contributed by atoms with Gasteiger partial charge in [-0.2, -0.15) is 18.3 Å². The Balaban J connectivity index is 1.42. The highest BCUT2D eigenvalue weighted by atomic mass is 35.5. The first-order valence-electron chi connectivity index (χ1n) is 10.7. The Morgan fingerprint density at radius 1 is 1.06 bits per heavy atom. The second kappa shape index (κ2) is 9.92. The summed E-state index contributed by atoms with van der Waals surface area (Å²) in [7, 11) is 1.83. The molecule has 2 heterocycles. The zero-order chi connectivity index (χ0) is 25.2.